The van der Waals surface area contributed by atoms with Crippen LogP contribution in [0.5, 0.6) is 11.5 Å². The number of fused-ring (bicyclic) bond motifs is 1. The van der Waals surface area contributed by atoms with Gasteiger partial charge in [-0.15, -0.1) is 0 Å². The lowest BCUT2D eigenvalue weighted by molar-refractivity contribution is -0.117. The van der Waals surface area contributed by atoms with Crippen LogP contribution in [0.25, 0.3) is 10.2 Å². The summed E-state index contributed by atoms with van der Waals surface area (Å²) < 4.78 is 13.6. The van der Waals surface area contributed by atoms with Crippen LogP contribution in [0.4, 0.5) is 0 Å². The van der Waals surface area contributed by atoms with Gasteiger partial charge in [0, 0.05) is 12.3 Å². The molecule has 142 valence electrons. The van der Waals surface area contributed by atoms with E-state index in [0.717, 1.165) is 44.4 Å². The Morgan fingerprint density at radius 1 is 1.11 bits per heavy atom. The number of thioether (sulfide) groups is 1. The Morgan fingerprint density at radius 2 is 1.81 bits per heavy atom. The van der Waals surface area contributed by atoms with Crippen LogP contribution in [0.2, 0.25) is 0 Å². The maximum atomic E-state index is 12.5. The number of ether oxygens (including phenoxy) is 2. The molecule has 0 unspecified atom stereocenters. The number of nitrogens with zero attached hydrogens (tertiary/aromatic N) is 2. The predicted octanol–water partition coefficient (Wildman–Crippen LogP) is 3.75. The van der Waals surface area contributed by atoms with Gasteiger partial charge in [0.05, 0.1) is 30.9 Å². The third-order valence-corrected chi connectivity index (χ3v) is 5.78. The second-order valence-electron chi connectivity index (χ2n) is 5.89. The van der Waals surface area contributed by atoms with E-state index < -0.39 is 0 Å². The summed E-state index contributed by atoms with van der Waals surface area (Å²) in [6, 6.07) is 13.4. The summed E-state index contributed by atoms with van der Waals surface area (Å²) in [4.78, 5) is 17.7. The average molecular weight is 403 g/mol. The molecule has 0 aliphatic carbocycles. The zero-order valence-corrected chi connectivity index (χ0v) is 17.2. The van der Waals surface area contributed by atoms with E-state index in [1.54, 1.807) is 26.0 Å². The van der Waals surface area contributed by atoms with Crippen molar-refractivity contribution in [3.8, 4) is 11.5 Å². The molecule has 0 saturated carbocycles. The van der Waals surface area contributed by atoms with Gasteiger partial charge >= 0.3 is 0 Å². The monoisotopic (exact) mass is 402 g/mol. The Hall–Kier alpha value is -2.25. The van der Waals surface area contributed by atoms with Crippen LogP contribution in [0.1, 0.15) is 5.56 Å². The molecule has 0 saturated heterocycles. The molecule has 3 aromatic rings. The third kappa shape index (κ3) is 4.73. The Balaban J connectivity index is 1.93. The molecule has 0 fully saturated rings. The lowest BCUT2D eigenvalue weighted by atomic mass is 10.1. The summed E-state index contributed by atoms with van der Waals surface area (Å²) in [6.07, 6.45) is 2.34. The number of thiazole rings is 1. The molecule has 1 aromatic heterocycles. The van der Waals surface area contributed by atoms with Crippen LogP contribution in [-0.4, -0.2) is 36.7 Å². The Labute approximate surface area is 166 Å². The largest absolute Gasteiger partial charge is 0.497 e. The molecule has 0 bridgehead atoms. The zero-order chi connectivity index (χ0) is 19.2. The van der Waals surface area contributed by atoms with E-state index in [1.807, 2.05) is 42.5 Å². The normalized spacial score (nSPS) is 11.7. The summed E-state index contributed by atoms with van der Waals surface area (Å²) in [5.41, 5.74) is 1.99. The van der Waals surface area contributed by atoms with Gasteiger partial charge in [-0.05, 0) is 42.2 Å². The fourth-order valence-electron chi connectivity index (χ4n) is 2.73. The summed E-state index contributed by atoms with van der Waals surface area (Å²) in [5.74, 6) is 2.38. The van der Waals surface area contributed by atoms with Crippen molar-refractivity contribution in [2.24, 2.45) is 4.99 Å². The first-order valence-corrected chi connectivity index (χ1v) is 10.7. The third-order valence-electron chi connectivity index (χ3n) is 4.14. The van der Waals surface area contributed by atoms with Gasteiger partial charge in [-0.25, -0.2) is 0 Å². The highest BCUT2D eigenvalue weighted by Crippen LogP contribution is 2.23. The van der Waals surface area contributed by atoms with E-state index in [4.69, 9.17) is 9.47 Å². The maximum Gasteiger partial charge on any atom is 0.252 e. The first-order valence-electron chi connectivity index (χ1n) is 8.51. The SMILES string of the molecule is COc1ccc(CC(=O)N=c2sc3cc(OC)ccc3n2CCSC)cc1. The van der Waals surface area contributed by atoms with Crippen molar-refractivity contribution in [2.45, 2.75) is 13.0 Å². The minimum atomic E-state index is -0.156. The van der Waals surface area contributed by atoms with E-state index in [-0.39, 0.29) is 12.3 Å². The van der Waals surface area contributed by atoms with Gasteiger partial charge in [0.25, 0.3) is 5.91 Å². The number of carbonyl (C=O) groups is 1. The molecule has 0 aliphatic rings. The number of methoxy groups -OCH3 is 2. The fourth-order valence-corrected chi connectivity index (χ4v) is 4.20. The molecule has 0 N–H and O–H groups in total. The molecule has 5 nitrogen and oxygen atoms in total. The van der Waals surface area contributed by atoms with Gasteiger partial charge in [0.1, 0.15) is 11.5 Å². The Kier molecular flexibility index (Phi) is 6.58. The molecule has 1 amide bonds. The van der Waals surface area contributed by atoms with E-state index in [0.29, 0.717) is 0 Å². The van der Waals surface area contributed by atoms with Gasteiger partial charge < -0.3 is 14.0 Å². The van der Waals surface area contributed by atoms with E-state index in [2.05, 4.69) is 15.8 Å². The molecule has 3 rings (SSSR count). The van der Waals surface area contributed by atoms with E-state index >= 15 is 0 Å². The fraction of sp³-hybridized carbons (Fsp3) is 0.300. The summed E-state index contributed by atoms with van der Waals surface area (Å²) in [7, 11) is 3.28. The van der Waals surface area contributed by atoms with Gasteiger partial charge in [-0.1, -0.05) is 23.5 Å². The molecule has 0 spiro atoms. The second kappa shape index (κ2) is 9.10. The number of hydrogen-bond donors (Lipinski definition) is 0. The summed E-state index contributed by atoms with van der Waals surface area (Å²) in [5, 5.41) is 0. The molecule has 27 heavy (non-hydrogen) atoms. The van der Waals surface area contributed by atoms with Crippen LogP contribution in [0.15, 0.2) is 47.5 Å². The topological polar surface area (TPSA) is 52.8 Å². The highest BCUT2D eigenvalue weighted by Gasteiger charge is 2.09. The first-order chi connectivity index (χ1) is 13.1. The molecule has 7 heteroatoms. The van der Waals surface area contributed by atoms with Crippen LogP contribution < -0.4 is 14.3 Å². The second-order valence-corrected chi connectivity index (χ2v) is 7.89. The number of hydrogen-bond acceptors (Lipinski definition) is 5. The Bertz CT molecular complexity index is 991. The molecular weight excluding hydrogens is 380 g/mol. The summed E-state index contributed by atoms with van der Waals surface area (Å²) in [6.45, 7) is 0.808. The highest BCUT2D eigenvalue weighted by molar-refractivity contribution is 7.98. The van der Waals surface area contributed by atoms with Crippen LogP contribution in [0.3, 0.4) is 0 Å². The number of aryl methyl sites for hydroxylation is 1. The highest BCUT2D eigenvalue weighted by atomic mass is 32.2. The minimum Gasteiger partial charge on any atom is -0.497 e. The smallest absolute Gasteiger partial charge is 0.252 e. The lowest BCUT2D eigenvalue weighted by Gasteiger charge is -2.05. The number of rotatable bonds is 7. The molecule has 0 aliphatic heterocycles. The van der Waals surface area contributed by atoms with Crippen molar-refractivity contribution in [2.75, 3.05) is 26.2 Å². The summed E-state index contributed by atoms with van der Waals surface area (Å²) >= 11 is 3.29. The number of amides is 1. The first kappa shape index (κ1) is 19.5. The standard InChI is InChI=1S/C20H22N2O3S2/c1-24-15-6-4-14(5-7-15)12-19(23)21-20-22(10-11-26-3)17-9-8-16(25-2)13-18(17)27-20/h4-9,13H,10-12H2,1-3H3. The van der Waals surface area contributed by atoms with Crippen LogP contribution in [0, 0.1) is 0 Å². The average Bonchev–Trinajstić information content (AvgIpc) is 3.02. The number of benzene rings is 2. The minimum absolute atomic E-state index is 0.156. The predicted molar refractivity (Wildman–Crippen MR) is 112 cm³/mol. The van der Waals surface area contributed by atoms with E-state index in [1.165, 1.54) is 11.3 Å². The molecule has 0 atom stereocenters. The number of carbonyl (C=O) groups excluding carboxylic acids is 1. The van der Waals surface area contributed by atoms with Crippen molar-refractivity contribution in [3.63, 3.8) is 0 Å². The molecule has 0 radical (unpaired) electrons. The van der Waals surface area contributed by atoms with Gasteiger partial charge in [0.2, 0.25) is 0 Å². The quantitative estimate of drug-likeness (QED) is 0.604. The van der Waals surface area contributed by atoms with Gasteiger partial charge in [-0.2, -0.15) is 16.8 Å². The molecule has 2 aromatic carbocycles. The lowest BCUT2D eigenvalue weighted by Crippen LogP contribution is -2.18. The van der Waals surface area contributed by atoms with Crippen molar-refractivity contribution in [3.05, 3.63) is 52.8 Å². The van der Waals surface area contributed by atoms with Crippen molar-refractivity contribution < 1.29 is 14.3 Å². The van der Waals surface area contributed by atoms with Crippen LogP contribution >= 0.6 is 23.1 Å². The molecule has 1 heterocycles. The van der Waals surface area contributed by atoms with Gasteiger partial charge in [0.15, 0.2) is 4.80 Å². The van der Waals surface area contributed by atoms with Crippen LogP contribution in [-0.2, 0) is 17.8 Å². The van der Waals surface area contributed by atoms with Crippen molar-refractivity contribution >= 4 is 39.2 Å². The van der Waals surface area contributed by atoms with Crippen molar-refractivity contribution in [1.82, 2.24) is 4.57 Å². The Morgan fingerprint density at radius 3 is 2.48 bits per heavy atom. The van der Waals surface area contributed by atoms with E-state index in [9.17, 15) is 4.79 Å². The number of aromatic nitrogens is 1. The molecular formula is C20H22N2O3S2. The van der Waals surface area contributed by atoms with Gasteiger partial charge in [-0.3, -0.25) is 4.79 Å². The maximum absolute atomic E-state index is 12.5. The zero-order valence-electron chi connectivity index (χ0n) is 15.6. The van der Waals surface area contributed by atoms with Crippen molar-refractivity contribution in [1.29, 1.82) is 0 Å².